The zero-order valence-corrected chi connectivity index (χ0v) is 17.9. The van der Waals surface area contributed by atoms with Gasteiger partial charge < -0.3 is 20.1 Å². The lowest BCUT2D eigenvalue weighted by Crippen LogP contribution is -2.28. The van der Waals surface area contributed by atoms with Crippen molar-refractivity contribution in [3.8, 4) is 34.0 Å². The van der Waals surface area contributed by atoms with E-state index in [9.17, 15) is 14.7 Å². The Balaban J connectivity index is 1.41. The Morgan fingerprint density at radius 3 is 2.61 bits per heavy atom. The van der Waals surface area contributed by atoms with E-state index in [-0.39, 0.29) is 18.3 Å². The Morgan fingerprint density at radius 1 is 1.09 bits per heavy atom. The molecule has 8 nitrogen and oxygen atoms in total. The quantitative estimate of drug-likeness (QED) is 0.405. The average molecular weight is 442 g/mol. The fourth-order valence-corrected chi connectivity index (χ4v) is 3.21. The monoisotopic (exact) mass is 442 g/mol. The molecule has 0 saturated carbocycles. The van der Waals surface area contributed by atoms with Crippen molar-refractivity contribution in [1.29, 1.82) is 0 Å². The van der Waals surface area contributed by atoms with Gasteiger partial charge in [-0.25, -0.2) is 4.79 Å². The van der Waals surface area contributed by atoms with Crippen molar-refractivity contribution in [2.45, 2.75) is 13.5 Å². The summed E-state index contributed by atoms with van der Waals surface area (Å²) >= 11 is 0. The Bertz CT molecular complexity index is 1320. The van der Waals surface area contributed by atoms with Gasteiger partial charge in [0.2, 0.25) is 0 Å². The number of carbonyl (C=O) groups is 1. The summed E-state index contributed by atoms with van der Waals surface area (Å²) < 4.78 is 5.55. The van der Waals surface area contributed by atoms with E-state index in [0.29, 0.717) is 29.2 Å². The number of phenols is 1. The minimum absolute atomic E-state index is 0.115. The van der Waals surface area contributed by atoms with Gasteiger partial charge in [-0.15, -0.1) is 0 Å². The maximum absolute atomic E-state index is 12.1. The first-order valence-corrected chi connectivity index (χ1v) is 10.3. The molecule has 0 bridgehead atoms. The second-order valence-corrected chi connectivity index (χ2v) is 7.44. The first-order valence-electron chi connectivity index (χ1n) is 10.3. The van der Waals surface area contributed by atoms with Gasteiger partial charge in [0.1, 0.15) is 11.5 Å². The number of aromatic hydroxyl groups is 1. The molecule has 0 spiro atoms. The molecule has 3 N–H and O–H groups in total. The number of carbonyl (C=O) groups excluding carboxylic acids is 1. The summed E-state index contributed by atoms with van der Waals surface area (Å²) in [5.74, 6) is 0.474. The molecule has 0 fully saturated rings. The molecular weight excluding hydrogens is 420 g/mol. The number of aryl methyl sites for hydroxylation is 1. The van der Waals surface area contributed by atoms with Crippen LogP contribution in [0.25, 0.3) is 22.5 Å². The second kappa shape index (κ2) is 9.78. The topological polar surface area (TPSA) is 117 Å². The SMILES string of the molecule is Cc1cc(-c2cc(-c3ccc(OCC(=O)NCc4cccnc4)cc3)[nH]c(=O)n2)ccc1O. The number of phenolic OH excluding ortho intramolecular Hbond substituents is 1. The predicted octanol–water partition coefficient (Wildman–Crippen LogP) is 3.21. The number of nitrogens with one attached hydrogen (secondary N) is 2. The van der Waals surface area contributed by atoms with E-state index >= 15 is 0 Å². The third-order valence-corrected chi connectivity index (χ3v) is 4.98. The molecule has 4 aromatic rings. The molecule has 1 amide bonds. The second-order valence-electron chi connectivity index (χ2n) is 7.44. The first kappa shape index (κ1) is 21.8. The summed E-state index contributed by atoms with van der Waals surface area (Å²) in [6.45, 7) is 2.05. The highest BCUT2D eigenvalue weighted by molar-refractivity contribution is 5.77. The highest BCUT2D eigenvalue weighted by atomic mass is 16.5. The number of amides is 1. The van der Waals surface area contributed by atoms with Gasteiger partial charge in [-0.1, -0.05) is 6.07 Å². The van der Waals surface area contributed by atoms with Crippen LogP contribution in [0.4, 0.5) is 0 Å². The summed E-state index contributed by atoms with van der Waals surface area (Å²) in [7, 11) is 0. The van der Waals surface area contributed by atoms with Crippen LogP contribution >= 0.6 is 0 Å². The molecule has 8 heteroatoms. The summed E-state index contributed by atoms with van der Waals surface area (Å²) in [6, 6.07) is 17.6. The normalized spacial score (nSPS) is 10.6. The van der Waals surface area contributed by atoms with E-state index in [0.717, 1.165) is 16.7 Å². The van der Waals surface area contributed by atoms with Crippen LogP contribution in [-0.2, 0) is 11.3 Å². The minimum Gasteiger partial charge on any atom is -0.508 e. The molecule has 0 aliphatic rings. The van der Waals surface area contributed by atoms with Gasteiger partial charge >= 0.3 is 5.69 Å². The van der Waals surface area contributed by atoms with E-state index in [2.05, 4.69) is 20.3 Å². The van der Waals surface area contributed by atoms with Crippen molar-refractivity contribution in [3.63, 3.8) is 0 Å². The number of aromatic amines is 1. The summed E-state index contributed by atoms with van der Waals surface area (Å²) in [6.07, 6.45) is 3.37. The average Bonchev–Trinajstić information content (AvgIpc) is 2.83. The molecule has 166 valence electrons. The summed E-state index contributed by atoms with van der Waals surface area (Å²) in [5, 5.41) is 12.5. The summed E-state index contributed by atoms with van der Waals surface area (Å²) in [4.78, 5) is 34.9. The molecule has 2 heterocycles. The molecule has 33 heavy (non-hydrogen) atoms. The first-order chi connectivity index (χ1) is 16.0. The van der Waals surface area contributed by atoms with Crippen LogP contribution in [0, 0.1) is 6.92 Å². The van der Waals surface area contributed by atoms with Crippen molar-refractivity contribution in [2.75, 3.05) is 6.61 Å². The molecule has 0 saturated heterocycles. The van der Waals surface area contributed by atoms with Gasteiger partial charge in [-0.2, -0.15) is 4.98 Å². The lowest BCUT2D eigenvalue weighted by molar-refractivity contribution is -0.123. The van der Waals surface area contributed by atoms with Gasteiger partial charge in [-0.3, -0.25) is 9.78 Å². The molecule has 0 aliphatic heterocycles. The van der Waals surface area contributed by atoms with Crippen molar-refractivity contribution < 1.29 is 14.6 Å². The van der Waals surface area contributed by atoms with Gasteiger partial charge in [0.05, 0.1) is 11.4 Å². The number of benzene rings is 2. The summed E-state index contributed by atoms with van der Waals surface area (Å²) in [5.41, 5.74) is 3.72. The Hall–Kier alpha value is -4.46. The van der Waals surface area contributed by atoms with Crippen molar-refractivity contribution >= 4 is 5.91 Å². The molecule has 4 rings (SSSR count). The maximum Gasteiger partial charge on any atom is 0.345 e. The largest absolute Gasteiger partial charge is 0.508 e. The zero-order chi connectivity index (χ0) is 23.2. The molecular formula is C25H22N4O4. The predicted molar refractivity (Wildman–Crippen MR) is 124 cm³/mol. The van der Waals surface area contributed by atoms with Crippen molar-refractivity contribution in [2.24, 2.45) is 0 Å². The Kier molecular flexibility index (Phi) is 6.45. The van der Waals surface area contributed by atoms with Crippen LogP contribution in [0.1, 0.15) is 11.1 Å². The van der Waals surface area contributed by atoms with Crippen LogP contribution in [0.3, 0.4) is 0 Å². The number of ether oxygens (including phenoxy) is 1. The maximum atomic E-state index is 12.1. The fraction of sp³-hybridized carbons (Fsp3) is 0.120. The zero-order valence-electron chi connectivity index (χ0n) is 17.9. The highest BCUT2D eigenvalue weighted by Crippen LogP contribution is 2.26. The van der Waals surface area contributed by atoms with Gasteiger partial charge in [0.25, 0.3) is 5.91 Å². The van der Waals surface area contributed by atoms with Gasteiger partial charge in [-0.05, 0) is 78.2 Å². The molecule has 0 radical (unpaired) electrons. The lowest BCUT2D eigenvalue weighted by Gasteiger charge is -2.09. The van der Waals surface area contributed by atoms with Crippen molar-refractivity contribution in [1.82, 2.24) is 20.3 Å². The third kappa shape index (κ3) is 5.62. The smallest absolute Gasteiger partial charge is 0.345 e. The number of rotatable bonds is 7. The van der Waals surface area contributed by atoms with Crippen LogP contribution in [0.5, 0.6) is 11.5 Å². The van der Waals surface area contributed by atoms with Crippen LogP contribution in [-0.4, -0.2) is 32.6 Å². The van der Waals surface area contributed by atoms with E-state index in [4.69, 9.17) is 4.74 Å². The number of pyridine rings is 1. The Morgan fingerprint density at radius 2 is 1.88 bits per heavy atom. The number of hydrogen-bond acceptors (Lipinski definition) is 6. The standard InChI is InChI=1S/C25H22N4O4/c1-16-11-19(6-9-23(16)30)22-12-21(28-25(32)29-22)18-4-7-20(8-5-18)33-15-24(31)27-14-17-3-2-10-26-13-17/h2-13,30H,14-15H2,1H3,(H,27,31)(H,28,29,32). The highest BCUT2D eigenvalue weighted by Gasteiger charge is 2.09. The van der Waals surface area contributed by atoms with E-state index in [1.807, 2.05) is 12.1 Å². The fourth-order valence-electron chi connectivity index (χ4n) is 3.21. The number of hydrogen-bond donors (Lipinski definition) is 3. The molecule has 0 unspecified atom stereocenters. The van der Waals surface area contributed by atoms with Crippen molar-refractivity contribution in [3.05, 3.63) is 94.7 Å². The van der Waals surface area contributed by atoms with Gasteiger partial charge in [0.15, 0.2) is 6.61 Å². The molecule has 0 atom stereocenters. The van der Waals surface area contributed by atoms with E-state index in [1.54, 1.807) is 67.8 Å². The van der Waals surface area contributed by atoms with Gasteiger partial charge in [0, 0.05) is 24.5 Å². The number of H-pyrrole nitrogens is 1. The van der Waals surface area contributed by atoms with E-state index in [1.165, 1.54) is 0 Å². The molecule has 0 aliphatic carbocycles. The van der Waals surface area contributed by atoms with Crippen LogP contribution in [0.15, 0.2) is 77.9 Å². The lowest BCUT2D eigenvalue weighted by atomic mass is 10.1. The number of nitrogens with zero attached hydrogens (tertiary/aromatic N) is 2. The molecule has 2 aromatic heterocycles. The third-order valence-electron chi connectivity index (χ3n) is 4.98. The minimum atomic E-state index is -0.473. The number of aromatic nitrogens is 3. The molecule has 2 aromatic carbocycles. The Labute approximate surface area is 190 Å². The van der Waals surface area contributed by atoms with E-state index < -0.39 is 5.69 Å². The van der Waals surface area contributed by atoms with Crippen LogP contribution in [0.2, 0.25) is 0 Å². The van der Waals surface area contributed by atoms with Crippen LogP contribution < -0.4 is 15.7 Å².